The Morgan fingerprint density at radius 1 is 1.10 bits per heavy atom. The first-order chi connectivity index (χ1) is 9.36. The predicted molar refractivity (Wildman–Crippen MR) is 84.6 cm³/mol. The van der Waals surface area contributed by atoms with E-state index in [9.17, 15) is 9.59 Å². The van der Waals surface area contributed by atoms with Gasteiger partial charge in [0.1, 0.15) is 0 Å². The minimum atomic E-state index is -0.222. The van der Waals surface area contributed by atoms with E-state index in [0.717, 1.165) is 11.4 Å². The number of carbonyl (C=O) groups excluding carboxylic acids is 2. The first-order valence-corrected chi connectivity index (χ1v) is 6.76. The minimum Gasteiger partial charge on any atom is -0.332 e. The van der Waals surface area contributed by atoms with Gasteiger partial charge in [-0.05, 0) is 42.4 Å². The number of rotatable bonds is 4. The topological polar surface area (TPSA) is 70.2 Å². The maximum atomic E-state index is 11.6. The molecule has 1 rings (SSSR count). The van der Waals surface area contributed by atoms with Gasteiger partial charge in [-0.25, -0.2) is 0 Å². The summed E-state index contributed by atoms with van der Waals surface area (Å²) in [5.41, 5.74) is 1.47. The lowest BCUT2D eigenvalue weighted by molar-refractivity contribution is -0.118. The highest BCUT2D eigenvalue weighted by atomic mass is 32.1. The Bertz CT molecular complexity index is 498. The normalized spacial score (nSPS) is 10.0. The van der Waals surface area contributed by atoms with Gasteiger partial charge in [-0.3, -0.25) is 9.59 Å². The Morgan fingerprint density at radius 2 is 1.60 bits per heavy atom. The summed E-state index contributed by atoms with van der Waals surface area (Å²) in [5, 5.41) is 8.41. The fourth-order valence-electron chi connectivity index (χ4n) is 1.54. The molecule has 2 amide bonds. The van der Waals surface area contributed by atoms with E-state index in [1.807, 2.05) is 13.8 Å². The molecule has 3 N–H and O–H groups in total. The van der Waals surface area contributed by atoms with Crippen molar-refractivity contribution in [3.63, 3.8) is 0 Å². The maximum Gasteiger partial charge on any atom is 0.224 e. The fourth-order valence-corrected chi connectivity index (χ4v) is 1.80. The summed E-state index contributed by atoms with van der Waals surface area (Å²) in [6, 6.07) is 7.10. The molecule has 0 fully saturated rings. The maximum absolute atomic E-state index is 11.6. The molecule has 6 heteroatoms. The molecule has 0 radical (unpaired) electrons. The highest BCUT2D eigenvalue weighted by Crippen LogP contribution is 2.14. The molecule has 0 aromatic heterocycles. The van der Waals surface area contributed by atoms with Gasteiger partial charge in [0, 0.05) is 24.7 Å². The molecule has 0 saturated carbocycles. The van der Waals surface area contributed by atoms with Crippen molar-refractivity contribution in [3.8, 4) is 0 Å². The molecule has 0 heterocycles. The van der Waals surface area contributed by atoms with Crippen LogP contribution in [0, 0.1) is 5.92 Å². The molecule has 0 saturated heterocycles. The zero-order chi connectivity index (χ0) is 15.1. The molecule has 0 aliphatic rings. The lowest BCUT2D eigenvalue weighted by Gasteiger charge is -2.10. The summed E-state index contributed by atoms with van der Waals surface area (Å²) < 4.78 is 0. The van der Waals surface area contributed by atoms with E-state index in [1.165, 1.54) is 6.92 Å². The van der Waals surface area contributed by atoms with Crippen molar-refractivity contribution in [1.29, 1.82) is 0 Å². The number of benzene rings is 1. The van der Waals surface area contributed by atoms with Crippen LogP contribution in [0.25, 0.3) is 0 Å². The van der Waals surface area contributed by atoms with Crippen LogP contribution in [0.3, 0.4) is 0 Å². The van der Waals surface area contributed by atoms with Gasteiger partial charge in [-0.2, -0.15) is 0 Å². The van der Waals surface area contributed by atoms with E-state index < -0.39 is 0 Å². The van der Waals surface area contributed by atoms with Gasteiger partial charge in [0.25, 0.3) is 0 Å². The van der Waals surface area contributed by atoms with Gasteiger partial charge in [0.15, 0.2) is 5.11 Å². The highest BCUT2D eigenvalue weighted by Gasteiger charge is 2.05. The van der Waals surface area contributed by atoms with Crippen LogP contribution in [0.1, 0.15) is 27.2 Å². The van der Waals surface area contributed by atoms with Crippen molar-refractivity contribution >= 4 is 40.5 Å². The first kappa shape index (κ1) is 16.1. The molecule has 0 unspecified atom stereocenters. The molecule has 5 nitrogen and oxygen atoms in total. The number of amides is 2. The number of thiocarbonyl (C=S) groups is 1. The number of anilines is 2. The summed E-state index contributed by atoms with van der Waals surface area (Å²) >= 11 is 4.95. The van der Waals surface area contributed by atoms with Crippen LogP contribution in [0.4, 0.5) is 11.4 Å². The lowest BCUT2D eigenvalue weighted by Crippen LogP contribution is -2.32. The second-order valence-corrected chi connectivity index (χ2v) is 5.27. The van der Waals surface area contributed by atoms with E-state index in [4.69, 9.17) is 12.2 Å². The van der Waals surface area contributed by atoms with Gasteiger partial charge in [-0.15, -0.1) is 0 Å². The van der Waals surface area contributed by atoms with Crippen LogP contribution in [0.5, 0.6) is 0 Å². The van der Waals surface area contributed by atoms with E-state index in [-0.39, 0.29) is 16.9 Å². The van der Waals surface area contributed by atoms with Crippen LogP contribution in [-0.4, -0.2) is 16.9 Å². The summed E-state index contributed by atoms with van der Waals surface area (Å²) in [4.78, 5) is 22.4. The Balaban J connectivity index is 2.54. The van der Waals surface area contributed by atoms with Gasteiger partial charge < -0.3 is 16.0 Å². The highest BCUT2D eigenvalue weighted by molar-refractivity contribution is 7.80. The van der Waals surface area contributed by atoms with Gasteiger partial charge in [0.2, 0.25) is 11.8 Å². The fraction of sp³-hybridized carbons (Fsp3) is 0.357. The number of hydrogen-bond acceptors (Lipinski definition) is 3. The average molecular weight is 293 g/mol. The van der Waals surface area contributed by atoms with Crippen LogP contribution >= 0.6 is 12.2 Å². The summed E-state index contributed by atoms with van der Waals surface area (Å²) in [6.07, 6.45) is 0.493. The van der Waals surface area contributed by atoms with Crippen LogP contribution in [-0.2, 0) is 9.59 Å². The summed E-state index contributed by atoms with van der Waals surface area (Å²) in [5.74, 6) is 0.0977. The molecular weight excluding hydrogens is 274 g/mol. The molecule has 1 aromatic carbocycles. The predicted octanol–water partition coefficient (Wildman–Crippen LogP) is 2.50. The summed E-state index contributed by atoms with van der Waals surface area (Å²) in [7, 11) is 0. The molecule has 1 aromatic rings. The smallest absolute Gasteiger partial charge is 0.224 e. The Hall–Kier alpha value is -1.95. The SMILES string of the molecule is CC(=O)NC(=S)Nc1ccc(NC(=O)CC(C)C)cc1. The van der Waals surface area contributed by atoms with Crippen LogP contribution in [0.2, 0.25) is 0 Å². The summed E-state index contributed by atoms with van der Waals surface area (Å²) in [6.45, 7) is 5.38. The number of hydrogen-bond donors (Lipinski definition) is 3. The largest absolute Gasteiger partial charge is 0.332 e. The van der Waals surface area contributed by atoms with Crippen molar-refractivity contribution < 1.29 is 9.59 Å². The molecule has 0 aliphatic carbocycles. The van der Waals surface area contributed by atoms with E-state index in [0.29, 0.717) is 12.3 Å². The van der Waals surface area contributed by atoms with Crippen LogP contribution < -0.4 is 16.0 Å². The van der Waals surface area contributed by atoms with E-state index >= 15 is 0 Å². The van der Waals surface area contributed by atoms with E-state index in [2.05, 4.69) is 16.0 Å². The molecule has 20 heavy (non-hydrogen) atoms. The van der Waals surface area contributed by atoms with Crippen molar-refractivity contribution in [2.75, 3.05) is 10.6 Å². The quantitative estimate of drug-likeness (QED) is 0.746. The third kappa shape index (κ3) is 6.29. The van der Waals surface area contributed by atoms with Crippen molar-refractivity contribution in [2.45, 2.75) is 27.2 Å². The van der Waals surface area contributed by atoms with Crippen LogP contribution in [0.15, 0.2) is 24.3 Å². The second-order valence-electron chi connectivity index (χ2n) is 4.86. The minimum absolute atomic E-state index is 0.00511. The van der Waals surface area contributed by atoms with Gasteiger partial charge >= 0.3 is 0 Å². The molecule has 108 valence electrons. The molecule has 0 aliphatic heterocycles. The molecule has 0 bridgehead atoms. The Kier molecular flexibility index (Phi) is 6.11. The third-order valence-electron chi connectivity index (χ3n) is 2.31. The monoisotopic (exact) mass is 293 g/mol. The van der Waals surface area contributed by atoms with E-state index in [1.54, 1.807) is 24.3 Å². The average Bonchev–Trinajstić information content (AvgIpc) is 2.29. The van der Waals surface area contributed by atoms with Crippen molar-refractivity contribution in [2.24, 2.45) is 5.92 Å². The van der Waals surface area contributed by atoms with Gasteiger partial charge in [0.05, 0.1) is 0 Å². The number of nitrogens with one attached hydrogen (secondary N) is 3. The molecular formula is C14H19N3O2S. The second kappa shape index (κ2) is 7.59. The molecule has 0 atom stereocenters. The number of carbonyl (C=O) groups is 2. The zero-order valence-electron chi connectivity index (χ0n) is 11.8. The third-order valence-corrected chi connectivity index (χ3v) is 2.51. The standard InChI is InChI=1S/C14H19N3O2S/c1-9(2)8-13(19)16-11-4-6-12(7-5-11)17-14(20)15-10(3)18/h4-7,9H,8H2,1-3H3,(H,16,19)(H2,15,17,18,20). The van der Waals surface area contributed by atoms with Crippen molar-refractivity contribution in [1.82, 2.24) is 5.32 Å². The molecule has 0 spiro atoms. The first-order valence-electron chi connectivity index (χ1n) is 6.35. The Morgan fingerprint density at radius 3 is 2.05 bits per heavy atom. The van der Waals surface area contributed by atoms with Gasteiger partial charge in [-0.1, -0.05) is 13.8 Å². The Labute approximate surface area is 124 Å². The zero-order valence-corrected chi connectivity index (χ0v) is 12.6. The van der Waals surface area contributed by atoms with Crippen molar-refractivity contribution in [3.05, 3.63) is 24.3 Å². The lowest BCUT2D eigenvalue weighted by atomic mass is 10.1.